The lowest BCUT2D eigenvalue weighted by Gasteiger charge is -2.15. The maximum absolute atomic E-state index is 9.58. The van der Waals surface area contributed by atoms with Gasteiger partial charge in [-0.1, -0.05) is 19.3 Å². The van der Waals surface area contributed by atoms with Gasteiger partial charge in [-0.05, 0) is 31.6 Å². The van der Waals surface area contributed by atoms with Crippen molar-refractivity contribution in [3.63, 3.8) is 0 Å². The molecule has 0 bridgehead atoms. The second-order valence-electron chi connectivity index (χ2n) is 4.14. The molecule has 74 valence electrons. The molecule has 1 nitrogen and oxygen atoms in total. The van der Waals surface area contributed by atoms with E-state index in [1.165, 1.54) is 25.7 Å². The van der Waals surface area contributed by atoms with Crippen LogP contribution in [0, 0.1) is 18.3 Å². The Balaban J connectivity index is 2.19. The van der Waals surface area contributed by atoms with Crippen molar-refractivity contribution in [2.75, 3.05) is 0 Å². The predicted molar refractivity (Wildman–Crippen MR) is 55.3 cm³/mol. The number of unbranched alkanes of at least 4 members (excludes halogenated alkanes) is 1. The molecule has 0 amide bonds. The minimum atomic E-state index is -0.0432. The summed E-state index contributed by atoms with van der Waals surface area (Å²) in [6.07, 6.45) is 14.2. The molecule has 0 aromatic heterocycles. The summed E-state index contributed by atoms with van der Waals surface area (Å²) in [6.45, 7) is 0. The van der Waals surface area contributed by atoms with E-state index in [1.807, 2.05) is 0 Å². The fourth-order valence-electron chi connectivity index (χ4n) is 2.19. The van der Waals surface area contributed by atoms with Crippen molar-refractivity contribution in [3.05, 3.63) is 0 Å². The number of aliphatic hydroxyl groups is 1. The highest BCUT2D eigenvalue weighted by molar-refractivity contribution is 4.83. The van der Waals surface area contributed by atoms with Crippen LogP contribution in [0.3, 0.4) is 0 Å². The fourth-order valence-corrected chi connectivity index (χ4v) is 2.19. The molecule has 0 spiro atoms. The molecule has 0 aliphatic heterocycles. The molecule has 0 saturated heterocycles. The van der Waals surface area contributed by atoms with Crippen LogP contribution < -0.4 is 0 Å². The Morgan fingerprint density at radius 3 is 2.85 bits per heavy atom. The van der Waals surface area contributed by atoms with Crippen LogP contribution in [-0.2, 0) is 0 Å². The van der Waals surface area contributed by atoms with E-state index >= 15 is 0 Å². The van der Waals surface area contributed by atoms with Crippen molar-refractivity contribution in [1.82, 2.24) is 0 Å². The van der Waals surface area contributed by atoms with Crippen LogP contribution in [0.15, 0.2) is 0 Å². The van der Waals surface area contributed by atoms with Crippen LogP contribution in [0.5, 0.6) is 0 Å². The number of aliphatic hydroxyl groups excluding tert-OH is 1. The van der Waals surface area contributed by atoms with E-state index in [0.29, 0.717) is 0 Å². The summed E-state index contributed by atoms with van der Waals surface area (Å²) in [6, 6.07) is 0. The molecular formula is C12H20O. The number of hydrogen-bond donors (Lipinski definition) is 1. The van der Waals surface area contributed by atoms with E-state index in [0.717, 1.165) is 31.6 Å². The number of rotatable bonds is 3. The van der Waals surface area contributed by atoms with Gasteiger partial charge in [0, 0.05) is 6.42 Å². The molecular weight excluding hydrogens is 160 g/mol. The maximum atomic E-state index is 9.58. The average Bonchev–Trinajstić information content (AvgIpc) is 2.31. The molecule has 1 rings (SSSR count). The quantitative estimate of drug-likeness (QED) is 0.402. The predicted octanol–water partition coefficient (Wildman–Crippen LogP) is 2.73. The zero-order valence-corrected chi connectivity index (χ0v) is 8.34. The first-order valence-corrected chi connectivity index (χ1v) is 5.44. The summed E-state index contributed by atoms with van der Waals surface area (Å²) in [5, 5.41) is 9.58. The van der Waals surface area contributed by atoms with Crippen LogP contribution in [0.25, 0.3) is 0 Å². The van der Waals surface area contributed by atoms with E-state index in [1.54, 1.807) is 0 Å². The van der Waals surface area contributed by atoms with Gasteiger partial charge in [0.25, 0.3) is 0 Å². The van der Waals surface area contributed by atoms with Gasteiger partial charge in [-0.25, -0.2) is 0 Å². The van der Waals surface area contributed by atoms with Gasteiger partial charge in [-0.15, -0.1) is 12.3 Å². The van der Waals surface area contributed by atoms with Crippen molar-refractivity contribution in [1.29, 1.82) is 0 Å². The third-order valence-electron chi connectivity index (χ3n) is 2.94. The lowest BCUT2D eigenvalue weighted by Crippen LogP contribution is -2.10. The van der Waals surface area contributed by atoms with Crippen molar-refractivity contribution in [3.8, 4) is 12.3 Å². The molecule has 2 unspecified atom stereocenters. The Morgan fingerprint density at radius 2 is 2.08 bits per heavy atom. The van der Waals surface area contributed by atoms with E-state index in [2.05, 4.69) is 5.92 Å². The van der Waals surface area contributed by atoms with Crippen molar-refractivity contribution < 1.29 is 5.11 Å². The third-order valence-corrected chi connectivity index (χ3v) is 2.94. The molecule has 0 aromatic carbocycles. The second-order valence-corrected chi connectivity index (χ2v) is 4.14. The minimum absolute atomic E-state index is 0.0432. The van der Waals surface area contributed by atoms with E-state index in [-0.39, 0.29) is 6.10 Å². The summed E-state index contributed by atoms with van der Waals surface area (Å²) in [5.74, 6) is 3.40. The van der Waals surface area contributed by atoms with Crippen LogP contribution >= 0.6 is 0 Å². The molecule has 1 fully saturated rings. The van der Waals surface area contributed by atoms with Gasteiger partial charge >= 0.3 is 0 Å². The lowest BCUT2D eigenvalue weighted by molar-refractivity contribution is 0.139. The molecule has 0 radical (unpaired) electrons. The summed E-state index contributed by atoms with van der Waals surface area (Å²) in [5.41, 5.74) is 0. The van der Waals surface area contributed by atoms with Crippen molar-refractivity contribution in [2.24, 2.45) is 5.92 Å². The zero-order valence-electron chi connectivity index (χ0n) is 8.34. The van der Waals surface area contributed by atoms with Gasteiger partial charge in [-0.2, -0.15) is 0 Å². The van der Waals surface area contributed by atoms with E-state index in [4.69, 9.17) is 6.42 Å². The first-order valence-electron chi connectivity index (χ1n) is 5.44. The molecule has 0 heterocycles. The fraction of sp³-hybridized carbons (Fsp3) is 0.833. The summed E-state index contributed by atoms with van der Waals surface area (Å²) < 4.78 is 0. The summed E-state index contributed by atoms with van der Waals surface area (Å²) in [4.78, 5) is 0. The SMILES string of the molecule is C#CCCCC1CCCCC(O)C1. The Hall–Kier alpha value is -0.480. The molecule has 2 atom stereocenters. The van der Waals surface area contributed by atoms with Gasteiger partial charge in [0.15, 0.2) is 0 Å². The highest BCUT2D eigenvalue weighted by atomic mass is 16.3. The van der Waals surface area contributed by atoms with Crippen LogP contribution in [0.4, 0.5) is 0 Å². The molecule has 13 heavy (non-hydrogen) atoms. The molecule has 1 heteroatoms. The van der Waals surface area contributed by atoms with Crippen LogP contribution in [0.1, 0.15) is 51.4 Å². The monoisotopic (exact) mass is 180 g/mol. The molecule has 1 saturated carbocycles. The Morgan fingerprint density at radius 1 is 1.31 bits per heavy atom. The Kier molecular flexibility index (Phi) is 4.93. The zero-order chi connectivity index (χ0) is 9.52. The lowest BCUT2D eigenvalue weighted by atomic mass is 9.93. The molecule has 1 N–H and O–H groups in total. The molecule has 1 aliphatic rings. The Bertz CT molecular complexity index is 168. The van der Waals surface area contributed by atoms with Crippen molar-refractivity contribution in [2.45, 2.75) is 57.5 Å². The van der Waals surface area contributed by atoms with Gasteiger partial charge in [0.05, 0.1) is 6.10 Å². The molecule has 0 aromatic rings. The van der Waals surface area contributed by atoms with Gasteiger partial charge in [0.1, 0.15) is 0 Å². The average molecular weight is 180 g/mol. The van der Waals surface area contributed by atoms with Gasteiger partial charge in [0.2, 0.25) is 0 Å². The number of terminal acetylenes is 1. The highest BCUT2D eigenvalue weighted by Crippen LogP contribution is 2.26. The minimum Gasteiger partial charge on any atom is -0.393 e. The van der Waals surface area contributed by atoms with Gasteiger partial charge < -0.3 is 5.11 Å². The van der Waals surface area contributed by atoms with Crippen LogP contribution in [-0.4, -0.2) is 11.2 Å². The van der Waals surface area contributed by atoms with Crippen LogP contribution in [0.2, 0.25) is 0 Å². The Labute approximate surface area is 81.5 Å². The third kappa shape index (κ3) is 4.33. The smallest absolute Gasteiger partial charge is 0.0542 e. The molecule has 1 aliphatic carbocycles. The number of hydrogen-bond acceptors (Lipinski definition) is 1. The van der Waals surface area contributed by atoms with E-state index < -0.39 is 0 Å². The van der Waals surface area contributed by atoms with Crippen molar-refractivity contribution >= 4 is 0 Å². The summed E-state index contributed by atoms with van der Waals surface area (Å²) >= 11 is 0. The van der Waals surface area contributed by atoms with E-state index in [9.17, 15) is 5.11 Å². The van der Waals surface area contributed by atoms with Gasteiger partial charge in [-0.3, -0.25) is 0 Å². The first kappa shape index (κ1) is 10.6. The standard InChI is InChI=1S/C12H20O/c1-2-3-4-7-11-8-5-6-9-12(13)10-11/h1,11-13H,3-10H2. The normalized spacial score (nSPS) is 29.2. The highest BCUT2D eigenvalue weighted by Gasteiger charge is 2.17. The first-order chi connectivity index (χ1) is 6.33. The maximum Gasteiger partial charge on any atom is 0.0542 e. The summed E-state index contributed by atoms with van der Waals surface area (Å²) in [7, 11) is 0. The second kappa shape index (κ2) is 6.05. The topological polar surface area (TPSA) is 20.2 Å². The largest absolute Gasteiger partial charge is 0.393 e.